The van der Waals surface area contributed by atoms with E-state index in [0.29, 0.717) is 37.3 Å². The molecule has 2 aromatic carbocycles. The molecule has 0 aromatic heterocycles. The molecule has 0 aliphatic carbocycles. The Balaban J connectivity index is 0.00000240. The van der Waals surface area contributed by atoms with Gasteiger partial charge in [0.2, 0.25) is 0 Å². The van der Waals surface area contributed by atoms with E-state index in [1.807, 2.05) is 0 Å². The van der Waals surface area contributed by atoms with Crippen molar-refractivity contribution in [2.75, 3.05) is 33.3 Å². The minimum atomic E-state index is -4.78. The van der Waals surface area contributed by atoms with Crippen LogP contribution >= 0.6 is 24.8 Å². The van der Waals surface area contributed by atoms with Crippen LogP contribution in [0.4, 0.5) is 13.2 Å². The van der Waals surface area contributed by atoms with Crippen molar-refractivity contribution in [2.24, 2.45) is 0 Å². The van der Waals surface area contributed by atoms with E-state index in [2.05, 4.69) is 21.0 Å². The third-order valence-electron chi connectivity index (χ3n) is 4.74. The van der Waals surface area contributed by atoms with Gasteiger partial charge in [-0.15, -0.1) is 38.0 Å². The van der Waals surface area contributed by atoms with Gasteiger partial charge < -0.3 is 19.9 Å². The van der Waals surface area contributed by atoms with Crippen molar-refractivity contribution >= 4 is 24.8 Å². The fourth-order valence-electron chi connectivity index (χ4n) is 3.48. The van der Waals surface area contributed by atoms with Crippen LogP contribution in [0.5, 0.6) is 17.2 Å². The summed E-state index contributed by atoms with van der Waals surface area (Å²) in [6.07, 6.45) is -4.78. The Kier molecular flexibility index (Phi) is 9.72. The largest absolute Gasteiger partial charge is 0.573 e. The summed E-state index contributed by atoms with van der Waals surface area (Å²) in [6, 6.07) is 10.1. The highest BCUT2D eigenvalue weighted by Crippen LogP contribution is 2.42. The van der Waals surface area contributed by atoms with Gasteiger partial charge in [-0.2, -0.15) is 5.26 Å². The smallest absolute Gasteiger partial charge is 0.504 e. The second kappa shape index (κ2) is 11.3. The minimum Gasteiger partial charge on any atom is -0.504 e. The lowest BCUT2D eigenvalue weighted by Crippen LogP contribution is -2.45. The maximum atomic E-state index is 12.5. The number of halogens is 5. The number of hydrogen-bond acceptors (Lipinski definition) is 6. The molecule has 1 fully saturated rings. The molecule has 170 valence electrons. The van der Waals surface area contributed by atoms with Gasteiger partial charge in [0.05, 0.1) is 24.8 Å². The van der Waals surface area contributed by atoms with E-state index >= 15 is 0 Å². The first kappa shape index (κ1) is 26.7. The topological polar surface area (TPSA) is 77.8 Å². The predicted octanol–water partition coefficient (Wildman–Crippen LogP) is 4.01. The first-order valence-electron chi connectivity index (χ1n) is 8.94. The standard InChI is InChI=1S/C20H20F3N3O3.2ClH/c1-28-16-7-4-14(12-24)17(19(16)27)18(26-10-8-25-9-11-26)13-2-5-15(6-3-13)29-20(21,22)23;;/h2-7,18,25,27H,8-11H2,1H3;2*1H/t18-;;/m1../s1. The number of phenols is 1. The number of piperazine rings is 1. The van der Waals surface area contributed by atoms with E-state index in [4.69, 9.17) is 4.74 Å². The summed E-state index contributed by atoms with van der Waals surface area (Å²) in [7, 11) is 1.41. The van der Waals surface area contributed by atoms with E-state index in [9.17, 15) is 23.5 Å². The van der Waals surface area contributed by atoms with Crippen LogP contribution in [0.15, 0.2) is 36.4 Å². The van der Waals surface area contributed by atoms with Crippen molar-refractivity contribution in [2.45, 2.75) is 12.4 Å². The molecule has 6 nitrogen and oxygen atoms in total. The average Bonchev–Trinajstić information content (AvgIpc) is 2.70. The Morgan fingerprint density at radius 1 is 1.10 bits per heavy atom. The Hall–Kier alpha value is -2.38. The number of phenolic OH excluding ortho intramolecular Hbond substituents is 1. The van der Waals surface area contributed by atoms with Crippen LogP contribution in [0, 0.1) is 11.3 Å². The number of aromatic hydroxyl groups is 1. The normalized spacial score (nSPS) is 15.1. The van der Waals surface area contributed by atoms with E-state index < -0.39 is 12.4 Å². The molecule has 1 aliphatic heterocycles. The fourth-order valence-corrected chi connectivity index (χ4v) is 3.48. The Morgan fingerprint density at radius 3 is 2.23 bits per heavy atom. The SMILES string of the molecule is COc1ccc(C#N)c([C@@H](c2ccc(OC(F)(F)F)cc2)N2CCNCC2)c1O.Cl.Cl. The van der Waals surface area contributed by atoms with Gasteiger partial charge in [-0.05, 0) is 29.8 Å². The minimum absolute atomic E-state index is 0. The first-order valence-corrected chi connectivity index (χ1v) is 8.94. The molecule has 0 saturated carbocycles. The number of rotatable bonds is 5. The van der Waals surface area contributed by atoms with Crippen LogP contribution in [0.25, 0.3) is 0 Å². The molecule has 11 heteroatoms. The maximum Gasteiger partial charge on any atom is 0.573 e. The number of nitriles is 1. The van der Waals surface area contributed by atoms with Gasteiger partial charge in [0.15, 0.2) is 11.5 Å². The number of alkyl halides is 3. The summed E-state index contributed by atoms with van der Waals surface area (Å²) in [6.45, 7) is 2.68. The third kappa shape index (κ3) is 6.31. The summed E-state index contributed by atoms with van der Waals surface area (Å²) in [5, 5.41) is 23.6. The first-order chi connectivity index (χ1) is 13.8. The van der Waals surface area contributed by atoms with Gasteiger partial charge in [0.1, 0.15) is 5.75 Å². The molecule has 2 aromatic rings. The zero-order valence-corrected chi connectivity index (χ0v) is 18.1. The lowest BCUT2D eigenvalue weighted by Gasteiger charge is -2.36. The van der Waals surface area contributed by atoms with Crippen molar-refractivity contribution in [3.8, 4) is 23.3 Å². The second-order valence-corrected chi connectivity index (χ2v) is 6.49. The van der Waals surface area contributed by atoms with Crippen LogP contribution in [-0.4, -0.2) is 49.7 Å². The molecule has 1 atom stereocenters. The summed E-state index contributed by atoms with van der Waals surface area (Å²) in [5.74, 6) is -0.280. The van der Waals surface area contributed by atoms with Gasteiger partial charge in [0.25, 0.3) is 0 Å². The number of nitrogens with zero attached hydrogens (tertiary/aromatic N) is 2. The van der Waals surface area contributed by atoms with E-state index in [1.165, 1.54) is 37.4 Å². The monoisotopic (exact) mass is 479 g/mol. The van der Waals surface area contributed by atoms with E-state index in [-0.39, 0.29) is 47.6 Å². The van der Waals surface area contributed by atoms with Crippen LogP contribution < -0.4 is 14.8 Å². The Bertz CT molecular complexity index is 900. The van der Waals surface area contributed by atoms with Crippen molar-refractivity contribution in [3.05, 3.63) is 53.1 Å². The van der Waals surface area contributed by atoms with Crippen LogP contribution in [0.1, 0.15) is 22.7 Å². The lowest BCUT2D eigenvalue weighted by atomic mass is 9.91. The van der Waals surface area contributed by atoms with Crippen molar-refractivity contribution in [1.82, 2.24) is 10.2 Å². The second-order valence-electron chi connectivity index (χ2n) is 6.49. The average molecular weight is 480 g/mol. The molecule has 0 radical (unpaired) electrons. The van der Waals surface area contributed by atoms with Gasteiger partial charge >= 0.3 is 6.36 Å². The molecule has 1 saturated heterocycles. The van der Waals surface area contributed by atoms with E-state index in [1.54, 1.807) is 6.07 Å². The summed E-state index contributed by atoms with van der Waals surface area (Å²) >= 11 is 0. The molecule has 1 aliphatic rings. The van der Waals surface area contributed by atoms with E-state index in [0.717, 1.165) is 0 Å². The predicted molar refractivity (Wildman–Crippen MR) is 113 cm³/mol. The number of methoxy groups -OCH3 is 1. The molecular weight excluding hydrogens is 458 g/mol. The molecule has 0 unspecified atom stereocenters. The molecule has 3 rings (SSSR count). The number of ether oxygens (including phenoxy) is 2. The highest BCUT2D eigenvalue weighted by Gasteiger charge is 2.32. The van der Waals surface area contributed by atoms with Crippen LogP contribution in [0.3, 0.4) is 0 Å². The van der Waals surface area contributed by atoms with Gasteiger partial charge in [-0.3, -0.25) is 4.90 Å². The lowest BCUT2D eigenvalue weighted by molar-refractivity contribution is -0.274. The van der Waals surface area contributed by atoms with Crippen molar-refractivity contribution < 1.29 is 27.8 Å². The quantitative estimate of drug-likeness (QED) is 0.674. The third-order valence-corrected chi connectivity index (χ3v) is 4.74. The van der Waals surface area contributed by atoms with Crippen LogP contribution in [0.2, 0.25) is 0 Å². The maximum absolute atomic E-state index is 12.5. The van der Waals surface area contributed by atoms with Crippen molar-refractivity contribution in [3.63, 3.8) is 0 Å². The highest BCUT2D eigenvalue weighted by atomic mass is 35.5. The number of benzene rings is 2. The van der Waals surface area contributed by atoms with Gasteiger partial charge in [-0.1, -0.05) is 12.1 Å². The summed E-state index contributed by atoms with van der Waals surface area (Å²) < 4.78 is 46.6. The summed E-state index contributed by atoms with van der Waals surface area (Å²) in [4.78, 5) is 2.06. The zero-order valence-electron chi connectivity index (χ0n) is 16.5. The fraction of sp³-hybridized carbons (Fsp3) is 0.350. The van der Waals surface area contributed by atoms with Crippen molar-refractivity contribution in [1.29, 1.82) is 5.26 Å². The number of nitrogens with one attached hydrogen (secondary N) is 1. The number of hydrogen-bond donors (Lipinski definition) is 2. The van der Waals surface area contributed by atoms with Crippen LogP contribution in [-0.2, 0) is 0 Å². The highest BCUT2D eigenvalue weighted by molar-refractivity contribution is 5.85. The molecule has 1 heterocycles. The Labute approximate surface area is 190 Å². The summed E-state index contributed by atoms with van der Waals surface area (Å²) in [5.41, 5.74) is 1.25. The molecule has 0 bridgehead atoms. The van der Waals surface area contributed by atoms with Gasteiger partial charge in [0, 0.05) is 31.7 Å². The molecule has 2 N–H and O–H groups in total. The van der Waals surface area contributed by atoms with Gasteiger partial charge in [-0.25, -0.2) is 0 Å². The molecule has 0 spiro atoms. The molecule has 0 amide bonds. The molecule has 31 heavy (non-hydrogen) atoms. The Morgan fingerprint density at radius 2 is 1.71 bits per heavy atom. The molecular formula is C20H22Cl2F3N3O3. The zero-order chi connectivity index (χ0) is 21.0.